The van der Waals surface area contributed by atoms with Crippen molar-refractivity contribution < 1.29 is 0 Å². The van der Waals surface area contributed by atoms with E-state index in [1.807, 2.05) is 6.92 Å². The molecule has 5 heterocycles. The number of piperidine rings is 1. The van der Waals surface area contributed by atoms with Crippen LogP contribution in [0.3, 0.4) is 0 Å². The lowest BCUT2D eigenvalue weighted by Crippen LogP contribution is -2.69. The number of aryl methyl sites for hydroxylation is 1. The van der Waals surface area contributed by atoms with Gasteiger partial charge in [-0.1, -0.05) is 13.8 Å². The van der Waals surface area contributed by atoms with E-state index in [1.165, 1.54) is 18.0 Å². The van der Waals surface area contributed by atoms with Crippen molar-refractivity contribution in [2.24, 2.45) is 0 Å². The summed E-state index contributed by atoms with van der Waals surface area (Å²) in [4.78, 5) is 18.1. The molecule has 0 spiro atoms. The van der Waals surface area contributed by atoms with E-state index < -0.39 is 0 Å². The zero-order valence-corrected chi connectivity index (χ0v) is 13.9. The molecule has 116 valence electrons. The molecule has 7 heteroatoms. The van der Waals surface area contributed by atoms with Crippen molar-refractivity contribution >= 4 is 22.5 Å². The van der Waals surface area contributed by atoms with Gasteiger partial charge in [-0.25, -0.2) is 15.0 Å². The number of nitrogens with zero attached hydrogens (tertiary/aromatic N) is 6. The van der Waals surface area contributed by atoms with Crippen molar-refractivity contribution in [1.29, 1.82) is 0 Å². The third-order valence-electron chi connectivity index (χ3n) is 4.47. The zero-order chi connectivity index (χ0) is 15.3. The van der Waals surface area contributed by atoms with Gasteiger partial charge in [0.15, 0.2) is 0 Å². The summed E-state index contributed by atoms with van der Waals surface area (Å²) in [6.45, 7) is 8.30. The van der Waals surface area contributed by atoms with Gasteiger partial charge in [0.2, 0.25) is 5.13 Å². The summed E-state index contributed by atoms with van der Waals surface area (Å²) in [7, 11) is 0. The summed E-state index contributed by atoms with van der Waals surface area (Å²) in [6.07, 6.45) is 2.90. The number of rotatable bonds is 3. The van der Waals surface area contributed by atoms with Crippen LogP contribution in [0.5, 0.6) is 0 Å². The molecule has 2 atom stereocenters. The average Bonchev–Trinajstić information content (AvgIpc) is 2.96. The Balaban J connectivity index is 1.50. The number of aromatic nitrogens is 4. The van der Waals surface area contributed by atoms with Gasteiger partial charge in [0, 0.05) is 42.3 Å². The zero-order valence-electron chi connectivity index (χ0n) is 13.1. The SMILES string of the molecule is Cc1cc(N2CC3CC(C2)N3c2nc(C(C)C)ns2)ncn1. The number of hydrogen-bond donors (Lipinski definition) is 0. The Morgan fingerprint density at radius 1 is 1.23 bits per heavy atom. The van der Waals surface area contributed by atoms with E-state index in [4.69, 9.17) is 4.98 Å². The molecular weight excluding hydrogens is 296 g/mol. The minimum absolute atomic E-state index is 0.395. The normalized spacial score (nSPS) is 23.8. The summed E-state index contributed by atoms with van der Waals surface area (Å²) in [5.41, 5.74) is 1.02. The highest BCUT2D eigenvalue weighted by molar-refractivity contribution is 7.09. The van der Waals surface area contributed by atoms with Gasteiger partial charge < -0.3 is 9.80 Å². The molecule has 0 aliphatic carbocycles. The van der Waals surface area contributed by atoms with Crippen molar-refractivity contribution in [2.45, 2.75) is 45.2 Å². The Morgan fingerprint density at radius 3 is 2.64 bits per heavy atom. The fraction of sp³-hybridized carbons (Fsp3) is 0.600. The molecular formula is C15H20N6S. The highest BCUT2D eigenvalue weighted by atomic mass is 32.1. The molecule has 2 unspecified atom stereocenters. The number of hydrogen-bond acceptors (Lipinski definition) is 7. The second-order valence-corrected chi connectivity index (χ2v) is 7.19. The van der Waals surface area contributed by atoms with Crippen molar-refractivity contribution in [3.05, 3.63) is 23.9 Å². The van der Waals surface area contributed by atoms with Crippen molar-refractivity contribution in [2.75, 3.05) is 22.9 Å². The smallest absolute Gasteiger partial charge is 0.205 e. The van der Waals surface area contributed by atoms with Crippen LogP contribution in [0, 0.1) is 6.92 Å². The van der Waals surface area contributed by atoms with Crippen molar-refractivity contribution in [3.63, 3.8) is 0 Å². The molecule has 3 fully saturated rings. The Hall–Kier alpha value is -1.76. The lowest BCUT2D eigenvalue weighted by molar-refractivity contribution is 0.290. The van der Waals surface area contributed by atoms with E-state index in [2.05, 4.69) is 44.1 Å². The van der Waals surface area contributed by atoms with Gasteiger partial charge in [-0.3, -0.25) is 0 Å². The fourth-order valence-electron chi connectivity index (χ4n) is 3.29. The van der Waals surface area contributed by atoms with Crippen LogP contribution >= 0.6 is 11.5 Å². The van der Waals surface area contributed by atoms with Gasteiger partial charge >= 0.3 is 0 Å². The van der Waals surface area contributed by atoms with Gasteiger partial charge in [-0.15, -0.1) is 0 Å². The second kappa shape index (κ2) is 5.15. The summed E-state index contributed by atoms with van der Waals surface area (Å²) in [5, 5.41) is 1.09. The largest absolute Gasteiger partial charge is 0.352 e. The van der Waals surface area contributed by atoms with Crippen LogP contribution in [0.4, 0.5) is 10.9 Å². The summed E-state index contributed by atoms with van der Waals surface area (Å²) < 4.78 is 4.49. The van der Waals surface area contributed by atoms with Gasteiger partial charge in [-0.05, 0) is 13.3 Å². The average molecular weight is 316 g/mol. The molecule has 3 aliphatic rings. The van der Waals surface area contributed by atoms with Crippen LogP contribution in [-0.4, -0.2) is 44.5 Å². The summed E-state index contributed by atoms with van der Waals surface area (Å²) >= 11 is 1.54. The quantitative estimate of drug-likeness (QED) is 0.865. The molecule has 2 aromatic rings. The Morgan fingerprint density at radius 2 is 2.00 bits per heavy atom. The standard InChI is InChI=1S/C15H20N6S/c1-9(2)14-18-15(22-19-14)21-11-5-12(21)7-20(6-11)13-4-10(3)16-8-17-13/h4,8-9,11-12H,5-7H2,1-3H3. The van der Waals surface area contributed by atoms with Crippen molar-refractivity contribution in [3.8, 4) is 0 Å². The molecule has 2 aromatic heterocycles. The first-order valence-corrected chi connectivity index (χ1v) is 8.54. The first-order valence-electron chi connectivity index (χ1n) is 7.77. The summed E-state index contributed by atoms with van der Waals surface area (Å²) in [6, 6.07) is 3.13. The number of fused-ring (bicyclic) bond motifs is 2. The first kappa shape index (κ1) is 13.9. The number of anilines is 2. The van der Waals surface area contributed by atoms with Crippen molar-refractivity contribution in [1.82, 2.24) is 19.3 Å². The van der Waals surface area contributed by atoms with E-state index in [9.17, 15) is 0 Å². The third kappa shape index (κ3) is 2.24. The Bertz CT molecular complexity index is 672. The minimum atomic E-state index is 0.395. The van der Waals surface area contributed by atoms with E-state index in [0.717, 1.165) is 35.6 Å². The van der Waals surface area contributed by atoms with E-state index in [1.54, 1.807) is 6.33 Å². The molecule has 5 rings (SSSR count). The van der Waals surface area contributed by atoms with Crippen LogP contribution < -0.4 is 9.80 Å². The Labute approximate surface area is 134 Å². The second-order valence-electron chi connectivity index (χ2n) is 6.46. The maximum atomic E-state index is 4.72. The predicted octanol–water partition coefficient (Wildman–Crippen LogP) is 2.23. The van der Waals surface area contributed by atoms with Gasteiger partial charge in [0.05, 0.1) is 12.1 Å². The lowest BCUT2D eigenvalue weighted by atomic mass is 9.88. The minimum Gasteiger partial charge on any atom is -0.352 e. The molecule has 0 radical (unpaired) electrons. The predicted molar refractivity (Wildman–Crippen MR) is 87.7 cm³/mol. The maximum Gasteiger partial charge on any atom is 0.205 e. The van der Waals surface area contributed by atoms with Gasteiger partial charge in [-0.2, -0.15) is 4.37 Å². The molecule has 0 saturated carbocycles. The Kier molecular flexibility index (Phi) is 3.25. The molecule has 6 nitrogen and oxygen atoms in total. The highest BCUT2D eigenvalue weighted by Gasteiger charge is 2.46. The molecule has 3 saturated heterocycles. The van der Waals surface area contributed by atoms with E-state index in [0.29, 0.717) is 18.0 Å². The maximum absolute atomic E-state index is 4.72. The monoisotopic (exact) mass is 316 g/mol. The van der Waals surface area contributed by atoms with Crippen LogP contribution in [0.1, 0.15) is 37.7 Å². The first-order chi connectivity index (χ1) is 10.6. The third-order valence-corrected chi connectivity index (χ3v) is 5.22. The number of piperazine rings is 1. The molecule has 2 bridgehead atoms. The molecule has 0 amide bonds. The molecule has 0 aromatic carbocycles. The molecule has 0 N–H and O–H groups in total. The van der Waals surface area contributed by atoms with E-state index >= 15 is 0 Å². The highest BCUT2D eigenvalue weighted by Crippen LogP contribution is 2.39. The van der Waals surface area contributed by atoms with Crippen LogP contribution in [0.2, 0.25) is 0 Å². The van der Waals surface area contributed by atoms with Crippen LogP contribution in [0.15, 0.2) is 12.4 Å². The van der Waals surface area contributed by atoms with E-state index in [-0.39, 0.29) is 0 Å². The van der Waals surface area contributed by atoms with Gasteiger partial charge in [0.25, 0.3) is 0 Å². The summed E-state index contributed by atoms with van der Waals surface area (Å²) in [5.74, 6) is 2.40. The van der Waals surface area contributed by atoms with Crippen LogP contribution in [0.25, 0.3) is 0 Å². The molecule has 22 heavy (non-hydrogen) atoms. The topological polar surface area (TPSA) is 58.0 Å². The fourth-order valence-corrected chi connectivity index (χ4v) is 4.24. The van der Waals surface area contributed by atoms with Gasteiger partial charge in [0.1, 0.15) is 18.0 Å². The molecule has 3 aliphatic heterocycles. The lowest BCUT2D eigenvalue weighted by Gasteiger charge is -2.56. The van der Waals surface area contributed by atoms with Crippen LogP contribution in [-0.2, 0) is 0 Å².